The van der Waals surface area contributed by atoms with Crippen molar-refractivity contribution in [1.82, 2.24) is 9.55 Å². The number of nitrogen functional groups attached to an aromatic ring is 1. The summed E-state index contributed by atoms with van der Waals surface area (Å²) in [6, 6.07) is 8.90. The second kappa shape index (κ2) is 3.77. The van der Waals surface area contributed by atoms with Gasteiger partial charge >= 0.3 is 0 Å². The Balaban J connectivity index is 2.32. The maximum absolute atomic E-state index is 9.61. The van der Waals surface area contributed by atoms with E-state index in [-0.39, 0.29) is 5.75 Å². The summed E-state index contributed by atoms with van der Waals surface area (Å²) >= 11 is 0. The Morgan fingerprint density at radius 1 is 1.22 bits per heavy atom. The summed E-state index contributed by atoms with van der Waals surface area (Å²) in [5, 5.41) is 10.6. The molecule has 18 heavy (non-hydrogen) atoms. The number of hydrogen-bond acceptors (Lipinski definition) is 3. The molecular formula is C14H13N3O. The largest absolute Gasteiger partial charge is 0.508 e. The van der Waals surface area contributed by atoms with Crippen LogP contribution in [0.4, 0.5) is 5.69 Å². The van der Waals surface area contributed by atoms with Gasteiger partial charge in [-0.15, -0.1) is 0 Å². The lowest BCUT2D eigenvalue weighted by molar-refractivity contribution is 0.476. The molecule has 0 spiro atoms. The van der Waals surface area contributed by atoms with Gasteiger partial charge < -0.3 is 15.4 Å². The zero-order valence-electron chi connectivity index (χ0n) is 9.96. The van der Waals surface area contributed by atoms with Gasteiger partial charge in [-0.25, -0.2) is 0 Å². The molecule has 3 rings (SSSR count). The number of pyridine rings is 1. The van der Waals surface area contributed by atoms with Gasteiger partial charge in [0.25, 0.3) is 0 Å². The van der Waals surface area contributed by atoms with Crippen molar-refractivity contribution in [3.8, 4) is 17.0 Å². The van der Waals surface area contributed by atoms with Crippen LogP contribution in [0.2, 0.25) is 0 Å². The molecule has 0 saturated carbocycles. The summed E-state index contributed by atoms with van der Waals surface area (Å²) in [5.41, 5.74) is 9.29. The minimum atomic E-state index is 0.249. The van der Waals surface area contributed by atoms with Gasteiger partial charge in [0.05, 0.1) is 5.69 Å². The topological polar surface area (TPSA) is 64.1 Å². The average Bonchev–Trinajstić information content (AvgIpc) is 2.66. The molecule has 2 aromatic heterocycles. The second-order valence-electron chi connectivity index (χ2n) is 4.33. The number of aromatic hydroxyl groups is 1. The smallest absolute Gasteiger partial charge is 0.116 e. The Bertz CT molecular complexity index is 731. The summed E-state index contributed by atoms with van der Waals surface area (Å²) in [6.45, 7) is 0. The monoisotopic (exact) mass is 239 g/mol. The molecule has 1 aromatic carbocycles. The van der Waals surface area contributed by atoms with Crippen LogP contribution in [0, 0.1) is 0 Å². The second-order valence-corrected chi connectivity index (χ2v) is 4.33. The van der Waals surface area contributed by atoms with Gasteiger partial charge in [0, 0.05) is 41.6 Å². The van der Waals surface area contributed by atoms with E-state index in [0.717, 1.165) is 22.2 Å². The first-order valence-corrected chi connectivity index (χ1v) is 5.65. The predicted molar refractivity (Wildman–Crippen MR) is 72.2 cm³/mol. The molecule has 0 bridgehead atoms. The molecule has 0 unspecified atom stereocenters. The fourth-order valence-electron chi connectivity index (χ4n) is 2.18. The standard InChI is InChI=1S/C14H13N3O/c1-17-8-12(13-6-9(15)4-5-16-13)11-7-10(18)2-3-14(11)17/h2-8,18H,1H3,(H2,15,16). The number of hydrogen-bond donors (Lipinski definition) is 2. The molecule has 0 aliphatic carbocycles. The molecule has 4 heteroatoms. The number of aromatic nitrogens is 2. The molecule has 0 amide bonds. The van der Waals surface area contributed by atoms with Crippen molar-refractivity contribution >= 4 is 16.6 Å². The first-order chi connectivity index (χ1) is 8.65. The third kappa shape index (κ3) is 1.59. The summed E-state index contributed by atoms with van der Waals surface area (Å²) < 4.78 is 2.01. The summed E-state index contributed by atoms with van der Waals surface area (Å²) in [7, 11) is 1.97. The zero-order chi connectivity index (χ0) is 12.7. The minimum Gasteiger partial charge on any atom is -0.508 e. The van der Waals surface area contributed by atoms with Crippen LogP contribution in [0.5, 0.6) is 5.75 Å². The highest BCUT2D eigenvalue weighted by Crippen LogP contribution is 2.31. The van der Waals surface area contributed by atoms with Crippen molar-refractivity contribution in [2.45, 2.75) is 0 Å². The Hall–Kier alpha value is -2.49. The van der Waals surface area contributed by atoms with E-state index in [2.05, 4.69) is 4.98 Å². The Morgan fingerprint density at radius 2 is 2.06 bits per heavy atom. The molecule has 0 saturated heterocycles. The Labute approximate surface area is 104 Å². The molecule has 3 N–H and O–H groups in total. The van der Waals surface area contributed by atoms with Crippen LogP contribution >= 0.6 is 0 Å². The number of nitrogens with two attached hydrogens (primary N) is 1. The third-order valence-electron chi connectivity index (χ3n) is 3.03. The molecule has 3 aromatic rings. The van der Waals surface area contributed by atoms with Gasteiger partial charge in [0.2, 0.25) is 0 Å². The lowest BCUT2D eigenvalue weighted by Gasteiger charge is -2.00. The van der Waals surface area contributed by atoms with E-state index in [1.165, 1.54) is 0 Å². The predicted octanol–water partition coefficient (Wildman–Crippen LogP) is 2.53. The minimum absolute atomic E-state index is 0.249. The quantitative estimate of drug-likeness (QED) is 0.685. The highest BCUT2D eigenvalue weighted by atomic mass is 16.3. The molecule has 0 aliphatic heterocycles. The summed E-state index contributed by atoms with van der Waals surface area (Å²) in [6.07, 6.45) is 3.68. The van der Waals surface area contributed by atoms with E-state index in [1.54, 1.807) is 24.4 Å². The molecule has 90 valence electrons. The number of rotatable bonds is 1. The van der Waals surface area contributed by atoms with Crippen LogP contribution in [0.25, 0.3) is 22.2 Å². The van der Waals surface area contributed by atoms with Crippen molar-refractivity contribution in [2.24, 2.45) is 7.05 Å². The van der Waals surface area contributed by atoms with Gasteiger partial charge in [0.15, 0.2) is 0 Å². The van der Waals surface area contributed by atoms with Gasteiger partial charge in [0.1, 0.15) is 5.75 Å². The number of phenols is 1. The van der Waals surface area contributed by atoms with Gasteiger partial charge in [-0.3, -0.25) is 4.98 Å². The molecule has 0 atom stereocenters. The van der Waals surface area contributed by atoms with E-state index in [0.29, 0.717) is 5.69 Å². The summed E-state index contributed by atoms with van der Waals surface area (Å²) in [4.78, 5) is 4.33. The lowest BCUT2D eigenvalue weighted by Crippen LogP contribution is -1.87. The fraction of sp³-hybridized carbons (Fsp3) is 0.0714. The SMILES string of the molecule is Cn1cc(-c2cc(N)ccn2)c2cc(O)ccc21. The van der Waals surface area contributed by atoms with Crippen molar-refractivity contribution in [1.29, 1.82) is 0 Å². The highest BCUT2D eigenvalue weighted by Gasteiger charge is 2.10. The molecular weight excluding hydrogens is 226 g/mol. The normalized spacial score (nSPS) is 10.9. The Kier molecular flexibility index (Phi) is 2.23. The van der Waals surface area contributed by atoms with Crippen LogP contribution in [0.3, 0.4) is 0 Å². The van der Waals surface area contributed by atoms with Crippen LogP contribution in [0.1, 0.15) is 0 Å². The van der Waals surface area contributed by atoms with Crippen LogP contribution in [0.15, 0.2) is 42.7 Å². The average molecular weight is 239 g/mol. The molecule has 4 nitrogen and oxygen atoms in total. The number of nitrogens with zero attached hydrogens (tertiary/aromatic N) is 2. The van der Waals surface area contributed by atoms with Gasteiger partial charge in [-0.05, 0) is 30.3 Å². The number of aryl methyl sites for hydroxylation is 1. The number of phenolic OH excluding ortho intramolecular Hbond substituents is 1. The van der Waals surface area contributed by atoms with Crippen molar-refractivity contribution < 1.29 is 5.11 Å². The van der Waals surface area contributed by atoms with Crippen LogP contribution in [-0.4, -0.2) is 14.7 Å². The van der Waals surface area contributed by atoms with Crippen molar-refractivity contribution in [2.75, 3.05) is 5.73 Å². The van der Waals surface area contributed by atoms with Gasteiger partial charge in [-0.2, -0.15) is 0 Å². The first kappa shape index (κ1) is 10.7. The highest BCUT2D eigenvalue weighted by molar-refractivity contribution is 5.96. The number of anilines is 1. The Morgan fingerprint density at radius 3 is 2.83 bits per heavy atom. The molecule has 0 fully saturated rings. The molecule has 0 aliphatic rings. The van der Waals surface area contributed by atoms with E-state index in [4.69, 9.17) is 5.73 Å². The van der Waals surface area contributed by atoms with Crippen LogP contribution < -0.4 is 5.73 Å². The van der Waals surface area contributed by atoms with Crippen molar-refractivity contribution in [3.05, 3.63) is 42.7 Å². The van der Waals surface area contributed by atoms with Crippen LogP contribution in [-0.2, 0) is 7.05 Å². The van der Waals surface area contributed by atoms with E-state index in [9.17, 15) is 5.11 Å². The van der Waals surface area contributed by atoms with Gasteiger partial charge in [-0.1, -0.05) is 0 Å². The number of fused-ring (bicyclic) bond motifs is 1. The summed E-state index contributed by atoms with van der Waals surface area (Å²) in [5.74, 6) is 0.249. The van der Waals surface area contributed by atoms with Crippen molar-refractivity contribution in [3.63, 3.8) is 0 Å². The lowest BCUT2D eigenvalue weighted by atomic mass is 10.1. The zero-order valence-corrected chi connectivity index (χ0v) is 9.96. The third-order valence-corrected chi connectivity index (χ3v) is 3.03. The maximum atomic E-state index is 9.61. The maximum Gasteiger partial charge on any atom is 0.116 e. The van der Waals surface area contributed by atoms with E-state index in [1.807, 2.05) is 29.9 Å². The number of benzene rings is 1. The molecule has 0 radical (unpaired) electrons. The fourth-order valence-corrected chi connectivity index (χ4v) is 2.18. The molecule has 2 heterocycles. The first-order valence-electron chi connectivity index (χ1n) is 5.65. The van der Waals surface area contributed by atoms with E-state index >= 15 is 0 Å². The van der Waals surface area contributed by atoms with E-state index < -0.39 is 0 Å².